The minimum atomic E-state index is -4.71. The third-order valence-electron chi connectivity index (χ3n) is 4.25. The van der Waals surface area contributed by atoms with Crippen LogP contribution in [0.15, 0.2) is 24.8 Å². The number of rotatable bonds is 3. The maximum absolute atomic E-state index is 15.0. The third kappa shape index (κ3) is 2.61. The highest BCUT2D eigenvalue weighted by Gasteiger charge is 2.36. The van der Waals surface area contributed by atoms with Gasteiger partial charge in [-0.1, -0.05) is 11.6 Å². The number of hydrogen-bond acceptors (Lipinski definition) is 4. The van der Waals surface area contributed by atoms with Crippen molar-refractivity contribution in [2.45, 2.75) is 6.18 Å². The second-order valence-corrected chi connectivity index (χ2v) is 6.21. The van der Waals surface area contributed by atoms with E-state index in [-0.39, 0.29) is 27.8 Å². The van der Waals surface area contributed by atoms with Crippen molar-refractivity contribution in [1.29, 1.82) is 0 Å². The van der Waals surface area contributed by atoms with Gasteiger partial charge in [-0.25, -0.2) is 14.4 Å². The van der Waals surface area contributed by atoms with Crippen LogP contribution >= 0.6 is 11.6 Å². The van der Waals surface area contributed by atoms with Crippen molar-refractivity contribution in [3.05, 3.63) is 41.5 Å². The molecule has 1 N–H and O–H groups in total. The third-order valence-corrected chi connectivity index (χ3v) is 4.60. The van der Waals surface area contributed by atoms with Gasteiger partial charge in [-0.15, -0.1) is 0 Å². The van der Waals surface area contributed by atoms with E-state index in [9.17, 15) is 17.6 Å². The topological polar surface area (TPSA) is 73.6 Å². The minimum Gasteiger partial charge on any atom is -0.495 e. The lowest BCUT2D eigenvalue weighted by molar-refractivity contribution is -0.144. The number of aryl methyl sites for hydroxylation is 1. The number of H-pyrrole nitrogens is 1. The Labute approximate surface area is 159 Å². The monoisotopic (exact) mass is 414 g/mol. The highest BCUT2D eigenvalue weighted by Crippen LogP contribution is 2.41. The molecule has 4 aromatic rings. The van der Waals surface area contributed by atoms with Gasteiger partial charge in [0.05, 0.1) is 24.6 Å². The Kier molecular flexibility index (Phi) is 4.07. The zero-order chi connectivity index (χ0) is 20.2. The second kappa shape index (κ2) is 6.23. The summed E-state index contributed by atoms with van der Waals surface area (Å²) in [6.07, 6.45) is -0.239. The summed E-state index contributed by atoms with van der Waals surface area (Å²) in [6, 6.07) is 1.50. The molecule has 3 heterocycles. The van der Waals surface area contributed by atoms with E-state index in [1.807, 2.05) is 5.10 Å². The maximum atomic E-state index is 15.0. The van der Waals surface area contributed by atoms with E-state index in [1.165, 1.54) is 41.9 Å². The molecule has 0 spiro atoms. The van der Waals surface area contributed by atoms with Gasteiger partial charge in [0.15, 0.2) is 11.6 Å². The molecule has 146 valence electrons. The first-order chi connectivity index (χ1) is 13.2. The van der Waals surface area contributed by atoms with Gasteiger partial charge in [0.2, 0.25) is 5.82 Å². The van der Waals surface area contributed by atoms with Crippen LogP contribution in [-0.4, -0.2) is 36.4 Å². The average molecular weight is 415 g/mol. The second-order valence-electron chi connectivity index (χ2n) is 5.83. The summed E-state index contributed by atoms with van der Waals surface area (Å²) in [7, 11) is 2.81. The van der Waals surface area contributed by atoms with Gasteiger partial charge in [0.1, 0.15) is 16.5 Å². The molecule has 0 aliphatic rings. The summed E-state index contributed by atoms with van der Waals surface area (Å²) in [4.78, 5) is 7.49. The number of imidazole rings is 1. The number of nitrogens with one attached hydrogen (secondary N) is 1. The van der Waals surface area contributed by atoms with Crippen molar-refractivity contribution in [3.8, 4) is 23.0 Å². The molecule has 0 unspecified atom stereocenters. The van der Waals surface area contributed by atoms with E-state index >= 15 is 0 Å². The molecule has 12 heteroatoms. The van der Waals surface area contributed by atoms with Crippen molar-refractivity contribution >= 4 is 22.5 Å². The predicted octanol–water partition coefficient (Wildman–Crippen LogP) is 3.97. The zero-order valence-electron chi connectivity index (χ0n) is 14.3. The molecule has 0 bridgehead atoms. The highest BCUT2D eigenvalue weighted by atomic mass is 35.5. The molecule has 0 saturated heterocycles. The Hall–Kier alpha value is -3.08. The number of ether oxygens (including phenoxy) is 1. The lowest BCUT2D eigenvalue weighted by atomic mass is 10.2. The van der Waals surface area contributed by atoms with Gasteiger partial charge in [-0.3, -0.25) is 5.10 Å². The van der Waals surface area contributed by atoms with Crippen LogP contribution in [0.5, 0.6) is 5.75 Å². The molecule has 0 atom stereocenters. The van der Waals surface area contributed by atoms with Crippen molar-refractivity contribution in [2.75, 3.05) is 7.11 Å². The van der Waals surface area contributed by atoms with Gasteiger partial charge in [0, 0.05) is 24.8 Å². The summed E-state index contributed by atoms with van der Waals surface area (Å²) in [5.41, 5.74) is 0.530. The number of aromatic amines is 1. The number of benzene rings is 1. The van der Waals surface area contributed by atoms with Crippen LogP contribution < -0.4 is 4.74 Å². The molecule has 28 heavy (non-hydrogen) atoms. The summed E-state index contributed by atoms with van der Waals surface area (Å²) >= 11 is 6.02. The van der Waals surface area contributed by atoms with Gasteiger partial charge in [0.25, 0.3) is 0 Å². The van der Waals surface area contributed by atoms with Gasteiger partial charge in [-0.05, 0) is 6.07 Å². The quantitative estimate of drug-likeness (QED) is 0.515. The van der Waals surface area contributed by atoms with E-state index in [4.69, 9.17) is 16.3 Å². The first-order valence-electron chi connectivity index (χ1n) is 7.76. The molecule has 0 fully saturated rings. The van der Waals surface area contributed by atoms with Crippen LogP contribution in [0.4, 0.5) is 17.6 Å². The lowest BCUT2D eigenvalue weighted by Gasteiger charge is -2.07. The van der Waals surface area contributed by atoms with Gasteiger partial charge in [-0.2, -0.15) is 18.3 Å². The summed E-state index contributed by atoms with van der Waals surface area (Å²) in [5, 5.41) is 5.64. The number of aromatic nitrogens is 6. The number of hydrogen-bond donors (Lipinski definition) is 1. The van der Waals surface area contributed by atoms with Crippen molar-refractivity contribution in [2.24, 2.45) is 7.05 Å². The molecule has 3 aromatic heterocycles. The largest absolute Gasteiger partial charge is 0.495 e. The predicted molar refractivity (Wildman–Crippen MR) is 91.9 cm³/mol. The molecular formula is C16H11ClF4N6O. The minimum absolute atomic E-state index is 0.0582. The number of fused-ring (bicyclic) bond motifs is 1. The standard InChI is InChI=1S/C16H11ClF4N6O/c1-26-11-7(5-8(28-2)9(17)10(11)18)12(27-4-3-22-6-27)13(26)14-23-15(25-24-14)16(19,20)21/h3-6H,1-2H3,(H,23,24,25). The fourth-order valence-electron chi connectivity index (χ4n) is 3.05. The van der Waals surface area contributed by atoms with Gasteiger partial charge < -0.3 is 13.9 Å². The molecule has 1 aromatic carbocycles. The zero-order valence-corrected chi connectivity index (χ0v) is 15.1. The smallest absolute Gasteiger partial charge is 0.451 e. The first-order valence-corrected chi connectivity index (χ1v) is 8.14. The van der Waals surface area contributed by atoms with Crippen LogP contribution in [0, 0.1) is 5.82 Å². The van der Waals surface area contributed by atoms with E-state index in [0.717, 1.165) is 0 Å². The lowest BCUT2D eigenvalue weighted by Crippen LogP contribution is -2.07. The summed E-state index contributed by atoms with van der Waals surface area (Å²) in [5.74, 6) is -2.22. The van der Waals surface area contributed by atoms with Crippen molar-refractivity contribution < 1.29 is 22.3 Å². The number of halogens is 5. The molecule has 0 aliphatic heterocycles. The molecular weight excluding hydrogens is 404 g/mol. The summed E-state index contributed by atoms with van der Waals surface area (Å²) < 4.78 is 61.8. The molecule has 0 saturated carbocycles. The Bertz CT molecular complexity index is 1180. The maximum Gasteiger partial charge on any atom is 0.451 e. The van der Waals surface area contributed by atoms with Gasteiger partial charge >= 0.3 is 6.18 Å². The summed E-state index contributed by atoms with van der Waals surface area (Å²) in [6.45, 7) is 0. The Morgan fingerprint density at radius 1 is 1.29 bits per heavy atom. The molecule has 0 radical (unpaired) electrons. The Morgan fingerprint density at radius 3 is 2.61 bits per heavy atom. The molecule has 0 amide bonds. The van der Waals surface area contributed by atoms with Crippen LogP contribution in [0.25, 0.3) is 28.1 Å². The number of nitrogens with zero attached hydrogens (tertiary/aromatic N) is 5. The number of methoxy groups -OCH3 is 1. The molecule has 0 aliphatic carbocycles. The average Bonchev–Trinajstić information content (AvgIpc) is 3.36. The Morgan fingerprint density at radius 2 is 2.04 bits per heavy atom. The van der Waals surface area contributed by atoms with Crippen molar-refractivity contribution in [3.63, 3.8) is 0 Å². The SMILES string of the molecule is COc1cc2c(-n3ccnc3)c(-c3n[nH]c(C(F)(F)F)n3)n(C)c2c(F)c1Cl. The van der Waals surface area contributed by atoms with Crippen LogP contribution in [0.2, 0.25) is 5.02 Å². The van der Waals surface area contributed by atoms with E-state index in [0.29, 0.717) is 11.1 Å². The number of alkyl halides is 3. The highest BCUT2D eigenvalue weighted by molar-refractivity contribution is 6.33. The Balaban J connectivity index is 2.11. The van der Waals surface area contributed by atoms with E-state index in [2.05, 4.69) is 15.1 Å². The fraction of sp³-hybridized carbons (Fsp3) is 0.188. The first kappa shape index (κ1) is 18.3. The molecule has 7 nitrogen and oxygen atoms in total. The van der Waals surface area contributed by atoms with E-state index < -0.39 is 17.8 Å². The van der Waals surface area contributed by atoms with Crippen molar-refractivity contribution in [1.82, 2.24) is 29.3 Å². The normalized spacial score (nSPS) is 12.1. The van der Waals surface area contributed by atoms with Crippen LogP contribution in [0.3, 0.4) is 0 Å². The van der Waals surface area contributed by atoms with E-state index in [1.54, 1.807) is 6.20 Å². The fourth-order valence-corrected chi connectivity index (χ4v) is 3.27. The molecule has 4 rings (SSSR count). The van der Waals surface area contributed by atoms with Crippen LogP contribution in [0.1, 0.15) is 5.82 Å². The van der Waals surface area contributed by atoms with Crippen LogP contribution in [-0.2, 0) is 13.2 Å².